The largest absolute Gasteiger partial charge is 0.299 e. The van der Waals surface area contributed by atoms with Crippen molar-refractivity contribution < 1.29 is 4.79 Å². The van der Waals surface area contributed by atoms with Gasteiger partial charge in [-0.3, -0.25) is 15.4 Å². The molecule has 0 bridgehead atoms. The molecule has 0 unspecified atom stereocenters. The Morgan fingerprint density at radius 1 is 1.30 bits per heavy atom. The number of unbranched alkanes of at least 4 members (excludes halogenated alkanes) is 1. The highest BCUT2D eigenvalue weighted by Gasteiger charge is 2.10. The van der Waals surface area contributed by atoms with Crippen LogP contribution in [0.5, 0.6) is 0 Å². The first-order valence-electron chi connectivity index (χ1n) is 7.47. The Morgan fingerprint density at radius 2 is 2.09 bits per heavy atom. The summed E-state index contributed by atoms with van der Waals surface area (Å²) in [6.45, 7) is 6.75. The third-order valence-electron chi connectivity index (χ3n) is 3.39. The fraction of sp³-hybridized carbons (Fsp3) is 0.400. The van der Waals surface area contributed by atoms with Gasteiger partial charge in [0.2, 0.25) is 0 Å². The number of thiocarbonyl (C=S) groups is 1. The van der Waals surface area contributed by atoms with Gasteiger partial charge in [-0.05, 0) is 61.0 Å². The Morgan fingerprint density at radius 3 is 2.78 bits per heavy atom. The van der Waals surface area contributed by atoms with Crippen LogP contribution in [-0.2, 0) is 6.54 Å². The number of carbonyl (C=O) groups excluding carboxylic acids is 1. The van der Waals surface area contributed by atoms with Crippen LogP contribution in [0.15, 0.2) is 18.2 Å². The number of rotatable bonds is 5. The van der Waals surface area contributed by atoms with Crippen LogP contribution in [0.4, 0.5) is 5.95 Å². The van der Waals surface area contributed by atoms with Gasteiger partial charge in [0.25, 0.3) is 11.9 Å². The highest BCUT2D eigenvalue weighted by molar-refractivity contribution is 7.80. The fourth-order valence-corrected chi connectivity index (χ4v) is 2.06. The second-order valence-electron chi connectivity index (χ2n) is 5.27. The van der Waals surface area contributed by atoms with Crippen LogP contribution in [0, 0.1) is 13.8 Å². The van der Waals surface area contributed by atoms with Crippen molar-refractivity contribution in [1.29, 1.82) is 0 Å². The lowest BCUT2D eigenvalue weighted by Gasteiger charge is -2.08. The van der Waals surface area contributed by atoms with Gasteiger partial charge >= 0.3 is 0 Å². The van der Waals surface area contributed by atoms with Gasteiger partial charge in [-0.25, -0.2) is 0 Å². The van der Waals surface area contributed by atoms with Gasteiger partial charge in [0.15, 0.2) is 5.11 Å². The van der Waals surface area contributed by atoms with Crippen molar-refractivity contribution in [2.45, 2.75) is 40.2 Å². The average molecular weight is 332 g/mol. The normalized spacial score (nSPS) is 10.4. The summed E-state index contributed by atoms with van der Waals surface area (Å²) in [6.07, 6.45) is 2.03. The van der Waals surface area contributed by atoms with Crippen molar-refractivity contribution in [3.8, 4) is 0 Å². The van der Waals surface area contributed by atoms with Crippen LogP contribution in [0.25, 0.3) is 0 Å². The quantitative estimate of drug-likeness (QED) is 0.817. The van der Waals surface area contributed by atoms with E-state index in [2.05, 4.69) is 33.0 Å². The predicted octanol–water partition coefficient (Wildman–Crippen LogP) is 2.22. The van der Waals surface area contributed by atoms with Gasteiger partial charge in [-0.2, -0.15) is 4.80 Å². The number of hydrogen-bond acceptors (Lipinski definition) is 5. The van der Waals surface area contributed by atoms with E-state index in [-0.39, 0.29) is 17.0 Å². The first-order chi connectivity index (χ1) is 11.0. The number of benzene rings is 1. The topological polar surface area (TPSA) is 84.7 Å². The summed E-state index contributed by atoms with van der Waals surface area (Å²) in [7, 11) is 0. The molecule has 8 heteroatoms. The number of hydrogen-bond donors (Lipinski definition) is 2. The molecule has 2 N–H and O–H groups in total. The van der Waals surface area contributed by atoms with E-state index in [9.17, 15) is 4.79 Å². The van der Waals surface area contributed by atoms with E-state index in [1.54, 1.807) is 6.07 Å². The van der Waals surface area contributed by atoms with E-state index in [4.69, 9.17) is 12.2 Å². The minimum atomic E-state index is -0.274. The maximum atomic E-state index is 12.2. The molecule has 1 aromatic heterocycles. The van der Waals surface area contributed by atoms with Crippen LogP contribution < -0.4 is 10.6 Å². The maximum Gasteiger partial charge on any atom is 0.269 e. The number of tetrazole rings is 1. The lowest BCUT2D eigenvalue weighted by Crippen LogP contribution is -2.34. The second kappa shape index (κ2) is 7.77. The Labute approximate surface area is 140 Å². The van der Waals surface area contributed by atoms with Crippen LogP contribution in [0.3, 0.4) is 0 Å². The smallest absolute Gasteiger partial charge is 0.269 e. The van der Waals surface area contributed by atoms with E-state index >= 15 is 0 Å². The molecule has 2 aromatic rings. The number of aromatic nitrogens is 4. The molecule has 0 fully saturated rings. The lowest BCUT2D eigenvalue weighted by molar-refractivity contribution is 0.0977. The monoisotopic (exact) mass is 332 g/mol. The van der Waals surface area contributed by atoms with Gasteiger partial charge in [0.05, 0.1) is 6.54 Å². The summed E-state index contributed by atoms with van der Waals surface area (Å²) in [5.41, 5.74) is 2.74. The minimum Gasteiger partial charge on any atom is -0.299 e. The number of amides is 1. The summed E-state index contributed by atoms with van der Waals surface area (Å²) < 4.78 is 0. The predicted molar refractivity (Wildman–Crippen MR) is 92.3 cm³/mol. The van der Waals surface area contributed by atoms with Crippen molar-refractivity contribution in [3.05, 3.63) is 34.9 Å². The molecule has 1 heterocycles. The molecule has 0 aliphatic carbocycles. The van der Waals surface area contributed by atoms with Gasteiger partial charge in [0.1, 0.15) is 0 Å². The molecule has 0 aliphatic heterocycles. The zero-order valence-electron chi connectivity index (χ0n) is 13.5. The summed E-state index contributed by atoms with van der Waals surface area (Å²) in [6, 6.07) is 5.49. The molecule has 7 nitrogen and oxygen atoms in total. The third-order valence-corrected chi connectivity index (χ3v) is 3.59. The van der Waals surface area contributed by atoms with Gasteiger partial charge in [-0.15, -0.1) is 5.10 Å². The lowest BCUT2D eigenvalue weighted by atomic mass is 10.1. The zero-order chi connectivity index (χ0) is 16.8. The average Bonchev–Trinajstić information content (AvgIpc) is 2.95. The molecular weight excluding hydrogens is 312 g/mol. The van der Waals surface area contributed by atoms with Crippen LogP contribution in [0.2, 0.25) is 0 Å². The van der Waals surface area contributed by atoms with E-state index in [0.717, 1.165) is 24.0 Å². The molecule has 0 aliphatic rings. The Kier molecular flexibility index (Phi) is 5.75. The van der Waals surface area contributed by atoms with Crippen molar-refractivity contribution >= 4 is 29.2 Å². The van der Waals surface area contributed by atoms with Crippen LogP contribution in [-0.4, -0.2) is 31.2 Å². The first kappa shape index (κ1) is 17.0. The van der Waals surface area contributed by atoms with E-state index < -0.39 is 0 Å². The van der Waals surface area contributed by atoms with Crippen molar-refractivity contribution in [2.24, 2.45) is 0 Å². The molecule has 23 heavy (non-hydrogen) atoms. The molecule has 0 saturated carbocycles. The van der Waals surface area contributed by atoms with E-state index in [1.807, 2.05) is 26.0 Å². The third kappa shape index (κ3) is 4.82. The number of carbonyl (C=O) groups is 1. The summed E-state index contributed by atoms with van der Waals surface area (Å²) in [5.74, 6) is -0.00420. The molecule has 1 amide bonds. The number of nitrogens with one attached hydrogen (secondary N) is 2. The second-order valence-corrected chi connectivity index (χ2v) is 5.68. The van der Waals surface area contributed by atoms with Crippen molar-refractivity contribution in [3.63, 3.8) is 0 Å². The summed E-state index contributed by atoms with van der Waals surface area (Å²) >= 11 is 5.11. The molecule has 0 spiro atoms. The van der Waals surface area contributed by atoms with Gasteiger partial charge < -0.3 is 0 Å². The van der Waals surface area contributed by atoms with Gasteiger partial charge in [0, 0.05) is 5.56 Å². The number of anilines is 1. The fourth-order valence-electron chi connectivity index (χ4n) is 1.88. The minimum absolute atomic E-state index is 0.142. The zero-order valence-corrected chi connectivity index (χ0v) is 14.3. The highest BCUT2D eigenvalue weighted by Crippen LogP contribution is 2.09. The first-order valence-corrected chi connectivity index (χ1v) is 7.88. The molecule has 0 radical (unpaired) electrons. The molecule has 1 aromatic carbocycles. The van der Waals surface area contributed by atoms with Crippen LogP contribution in [0.1, 0.15) is 41.3 Å². The Bertz CT molecular complexity index is 712. The molecule has 2 rings (SSSR count). The van der Waals surface area contributed by atoms with Crippen molar-refractivity contribution in [1.82, 2.24) is 25.5 Å². The van der Waals surface area contributed by atoms with Crippen molar-refractivity contribution in [2.75, 3.05) is 5.32 Å². The number of nitrogens with zero attached hydrogens (tertiary/aromatic N) is 4. The molecule has 0 atom stereocenters. The summed E-state index contributed by atoms with van der Waals surface area (Å²) in [4.78, 5) is 13.7. The molecule has 122 valence electrons. The van der Waals surface area contributed by atoms with Crippen LogP contribution >= 0.6 is 12.2 Å². The Balaban J connectivity index is 1.92. The highest BCUT2D eigenvalue weighted by atomic mass is 32.1. The molecule has 0 saturated heterocycles. The Hall–Kier alpha value is -2.35. The maximum absolute atomic E-state index is 12.2. The van der Waals surface area contributed by atoms with E-state index in [1.165, 1.54) is 4.80 Å². The standard InChI is InChI=1S/C15H20N6OS/c1-4-5-8-21-19-14(18-20-21)17-15(23)16-13(22)12-7-6-10(2)11(3)9-12/h6-7,9H,4-5,8H2,1-3H3,(H2,16,17,19,22,23). The molecular formula is C15H20N6OS. The number of aryl methyl sites for hydroxylation is 3. The van der Waals surface area contributed by atoms with Gasteiger partial charge in [-0.1, -0.05) is 24.5 Å². The summed E-state index contributed by atoms with van der Waals surface area (Å²) in [5, 5.41) is 17.4. The SMILES string of the molecule is CCCCn1nnc(NC(=S)NC(=O)c2ccc(C)c(C)c2)n1. The van der Waals surface area contributed by atoms with E-state index in [0.29, 0.717) is 12.1 Å².